The molecule has 0 radical (unpaired) electrons. The number of hydrogen-bond donors (Lipinski definition) is 1. The molecule has 0 aromatic heterocycles. The lowest BCUT2D eigenvalue weighted by atomic mass is 9.88. The van der Waals surface area contributed by atoms with E-state index in [4.69, 9.17) is 4.74 Å². The van der Waals surface area contributed by atoms with Crippen molar-refractivity contribution in [2.45, 2.75) is 32.2 Å². The number of nitrogens with one attached hydrogen (secondary N) is 1. The average molecular weight is 312 g/mol. The van der Waals surface area contributed by atoms with Crippen molar-refractivity contribution in [3.63, 3.8) is 0 Å². The molecule has 2 nitrogen and oxygen atoms in total. The minimum absolute atomic E-state index is 0.450. The van der Waals surface area contributed by atoms with Crippen LogP contribution in [0.4, 0.5) is 0 Å². The van der Waals surface area contributed by atoms with Crippen LogP contribution in [0.3, 0.4) is 0 Å². The largest absolute Gasteiger partial charge is 0.381 e. The monoisotopic (exact) mass is 311 g/mol. The Morgan fingerprint density at radius 2 is 2.11 bits per heavy atom. The topological polar surface area (TPSA) is 21.3 Å². The number of ether oxygens (including phenoxy) is 1. The van der Waals surface area contributed by atoms with Crippen molar-refractivity contribution in [1.82, 2.24) is 5.32 Å². The van der Waals surface area contributed by atoms with Gasteiger partial charge in [0.05, 0.1) is 0 Å². The quantitative estimate of drug-likeness (QED) is 0.912. The van der Waals surface area contributed by atoms with Gasteiger partial charge in [-0.25, -0.2) is 0 Å². The average Bonchev–Trinajstić information content (AvgIpc) is 2.40. The zero-order chi connectivity index (χ0) is 13.0. The second-order valence-corrected chi connectivity index (χ2v) is 6.05. The fraction of sp³-hybridized carbons (Fsp3) is 0.600. The second-order valence-electron chi connectivity index (χ2n) is 5.13. The lowest BCUT2D eigenvalue weighted by Gasteiger charge is -2.27. The summed E-state index contributed by atoms with van der Waals surface area (Å²) < 4.78 is 6.60. The Bertz CT molecular complexity index is 388. The van der Waals surface area contributed by atoms with Crippen molar-refractivity contribution in [3.8, 4) is 0 Å². The van der Waals surface area contributed by atoms with Gasteiger partial charge in [0.2, 0.25) is 0 Å². The molecule has 18 heavy (non-hydrogen) atoms. The van der Waals surface area contributed by atoms with Crippen LogP contribution in [-0.2, 0) is 4.74 Å². The Morgan fingerprint density at radius 3 is 2.78 bits per heavy atom. The lowest BCUT2D eigenvalue weighted by Crippen LogP contribution is -2.24. The minimum Gasteiger partial charge on any atom is -0.381 e. The fourth-order valence-electron chi connectivity index (χ4n) is 2.70. The predicted octanol–water partition coefficient (Wildman–Crippen LogP) is 3.83. The van der Waals surface area contributed by atoms with E-state index >= 15 is 0 Å². The zero-order valence-electron chi connectivity index (χ0n) is 11.2. The van der Waals surface area contributed by atoms with E-state index in [0.29, 0.717) is 6.04 Å². The van der Waals surface area contributed by atoms with E-state index in [1.54, 1.807) is 0 Å². The molecule has 1 fully saturated rings. The number of hydrogen-bond acceptors (Lipinski definition) is 2. The van der Waals surface area contributed by atoms with Gasteiger partial charge in [0.1, 0.15) is 0 Å². The lowest BCUT2D eigenvalue weighted by molar-refractivity contribution is 0.0608. The Balaban J connectivity index is 2.09. The Labute approximate surface area is 118 Å². The van der Waals surface area contributed by atoms with Crippen molar-refractivity contribution < 1.29 is 4.74 Å². The van der Waals surface area contributed by atoms with E-state index in [2.05, 4.69) is 53.4 Å². The molecule has 1 N–H and O–H groups in total. The van der Waals surface area contributed by atoms with Gasteiger partial charge in [0.15, 0.2) is 0 Å². The molecule has 1 aromatic carbocycles. The molecule has 0 aliphatic carbocycles. The minimum atomic E-state index is 0.450. The van der Waals surface area contributed by atoms with Gasteiger partial charge in [0, 0.05) is 23.7 Å². The van der Waals surface area contributed by atoms with E-state index in [-0.39, 0.29) is 0 Å². The molecule has 0 saturated carbocycles. The van der Waals surface area contributed by atoms with Crippen LogP contribution in [0.5, 0.6) is 0 Å². The van der Waals surface area contributed by atoms with Gasteiger partial charge in [0.25, 0.3) is 0 Å². The zero-order valence-corrected chi connectivity index (χ0v) is 12.8. The maximum absolute atomic E-state index is 5.44. The highest BCUT2D eigenvalue weighted by molar-refractivity contribution is 9.10. The van der Waals surface area contributed by atoms with Crippen molar-refractivity contribution in [2.75, 3.05) is 20.3 Å². The van der Waals surface area contributed by atoms with Gasteiger partial charge in [-0.3, -0.25) is 0 Å². The summed E-state index contributed by atoms with van der Waals surface area (Å²) in [7, 11) is 2.06. The Hall–Kier alpha value is -0.380. The summed E-state index contributed by atoms with van der Waals surface area (Å²) in [6, 6.07) is 6.99. The van der Waals surface area contributed by atoms with Crippen molar-refractivity contribution in [1.29, 1.82) is 0 Å². The molecule has 0 amide bonds. The molecule has 100 valence electrons. The second kappa shape index (κ2) is 6.69. The van der Waals surface area contributed by atoms with E-state index in [9.17, 15) is 0 Å². The third-order valence-electron chi connectivity index (χ3n) is 3.88. The molecule has 1 atom stereocenters. The first-order chi connectivity index (χ1) is 8.70. The normalized spacial score (nSPS) is 18.8. The highest BCUT2D eigenvalue weighted by atomic mass is 79.9. The van der Waals surface area contributed by atoms with Crippen molar-refractivity contribution in [3.05, 3.63) is 33.8 Å². The molecule has 1 aliphatic rings. The van der Waals surface area contributed by atoms with E-state index < -0.39 is 0 Å². The molecule has 1 aliphatic heterocycles. The van der Waals surface area contributed by atoms with Crippen molar-refractivity contribution >= 4 is 15.9 Å². The first kappa shape index (κ1) is 14.0. The maximum Gasteiger partial charge on any atom is 0.0468 e. The van der Waals surface area contributed by atoms with Gasteiger partial charge in [-0.1, -0.05) is 22.0 Å². The van der Waals surface area contributed by atoms with Crippen LogP contribution in [0.25, 0.3) is 0 Å². The third-order valence-corrected chi connectivity index (χ3v) is 4.37. The van der Waals surface area contributed by atoms with Crippen molar-refractivity contribution in [2.24, 2.45) is 5.92 Å². The van der Waals surface area contributed by atoms with E-state index in [1.165, 1.54) is 30.4 Å². The van der Waals surface area contributed by atoms with Crippen LogP contribution in [-0.4, -0.2) is 20.3 Å². The van der Waals surface area contributed by atoms with Crippen LogP contribution >= 0.6 is 15.9 Å². The van der Waals surface area contributed by atoms with Gasteiger partial charge >= 0.3 is 0 Å². The van der Waals surface area contributed by atoms with Gasteiger partial charge in [-0.15, -0.1) is 0 Å². The van der Waals surface area contributed by atoms with Crippen LogP contribution in [0.2, 0.25) is 0 Å². The summed E-state index contributed by atoms with van der Waals surface area (Å²) in [6.45, 7) is 4.05. The van der Waals surface area contributed by atoms with E-state index in [0.717, 1.165) is 23.6 Å². The fourth-order valence-corrected chi connectivity index (χ4v) is 3.08. The number of halogens is 1. The molecular formula is C15H22BrNO. The SMILES string of the molecule is CNC(CC1CCOCC1)c1cc(Br)ccc1C. The summed E-state index contributed by atoms with van der Waals surface area (Å²) in [4.78, 5) is 0. The Morgan fingerprint density at radius 1 is 1.39 bits per heavy atom. The molecule has 1 aromatic rings. The molecular weight excluding hydrogens is 290 g/mol. The van der Waals surface area contributed by atoms with Crippen LogP contribution < -0.4 is 5.32 Å². The molecule has 0 spiro atoms. The smallest absolute Gasteiger partial charge is 0.0468 e. The van der Waals surface area contributed by atoms with Crippen LogP contribution in [0.1, 0.15) is 36.4 Å². The molecule has 1 unspecified atom stereocenters. The van der Waals surface area contributed by atoms with Gasteiger partial charge in [-0.05, 0) is 62.4 Å². The number of aryl methyl sites for hydroxylation is 1. The Kier molecular flexibility index (Phi) is 5.22. The summed E-state index contributed by atoms with van der Waals surface area (Å²) in [6.07, 6.45) is 3.60. The highest BCUT2D eigenvalue weighted by Crippen LogP contribution is 2.30. The number of benzene rings is 1. The molecule has 2 rings (SSSR count). The first-order valence-corrected chi connectivity index (χ1v) is 7.51. The van der Waals surface area contributed by atoms with Crippen LogP contribution in [0.15, 0.2) is 22.7 Å². The summed E-state index contributed by atoms with van der Waals surface area (Å²) >= 11 is 3.57. The maximum atomic E-state index is 5.44. The summed E-state index contributed by atoms with van der Waals surface area (Å²) in [5.41, 5.74) is 2.78. The molecule has 0 bridgehead atoms. The molecule has 3 heteroatoms. The van der Waals surface area contributed by atoms with Crippen LogP contribution in [0, 0.1) is 12.8 Å². The van der Waals surface area contributed by atoms with Gasteiger partial charge < -0.3 is 10.1 Å². The predicted molar refractivity (Wildman–Crippen MR) is 78.8 cm³/mol. The summed E-state index contributed by atoms with van der Waals surface area (Å²) in [5, 5.41) is 3.47. The standard InChI is InChI=1S/C15H22BrNO/c1-11-3-4-13(16)10-14(11)15(17-2)9-12-5-7-18-8-6-12/h3-4,10,12,15,17H,5-9H2,1-2H3. The summed E-state index contributed by atoms with van der Waals surface area (Å²) in [5.74, 6) is 0.787. The highest BCUT2D eigenvalue weighted by Gasteiger charge is 2.20. The molecule has 1 saturated heterocycles. The third kappa shape index (κ3) is 3.56. The molecule has 1 heterocycles. The van der Waals surface area contributed by atoms with E-state index in [1.807, 2.05) is 0 Å². The first-order valence-electron chi connectivity index (χ1n) is 6.71. The number of rotatable bonds is 4. The van der Waals surface area contributed by atoms with Gasteiger partial charge in [-0.2, -0.15) is 0 Å².